The largest absolute Gasteiger partial charge is 0.457 e. The molecule has 0 saturated carbocycles. The van der Waals surface area contributed by atoms with Crippen molar-refractivity contribution in [2.45, 2.75) is 12.8 Å². The van der Waals surface area contributed by atoms with E-state index in [0.29, 0.717) is 10.0 Å². The predicted octanol–water partition coefficient (Wildman–Crippen LogP) is 4.75. The van der Waals surface area contributed by atoms with E-state index >= 15 is 0 Å². The molecule has 0 aliphatic heterocycles. The van der Waals surface area contributed by atoms with Crippen LogP contribution in [0.3, 0.4) is 0 Å². The summed E-state index contributed by atoms with van der Waals surface area (Å²) in [4.78, 5) is 0. The van der Waals surface area contributed by atoms with Crippen LogP contribution in [0.5, 0.6) is 11.5 Å². The van der Waals surface area contributed by atoms with Crippen LogP contribution in [-0.2, 0) is 12.8 Å². The van der Waals surface area contributed by atoms with Gasteiger partial charge in [0.2, 0.25) is 0 Å². The third kappa shape index (κ3) is 3.52. The number of hydrogen-bond acceptors (Lipinski definition) is 2. The van der Waals surface area contributed by atoms with Crippen LogP contribution in [0.1, 0.15) is 11.1 Å². The first-order valence-corrected chi connectivity index (χ1v) is 6.44. The highest BCUT2D eigenvalue weighted by Gasteiger charge is 2.34. The standard InChI is InChI=1S/C14H10BrF3O2/c15-10-3-6-12(14(16,17)18)13(7-10)20-11-4-1-9(8-19)2-5-11/h1-7,19H,8H2. The van der Waals surface area contributed by atoms with Gasteiger partial charge in [-0.25, -0.2) is 0 Å². The molecule has 0 spiro atoms. The normalized spacial score (nSPS) is 11.4. The molecule has 0 heterocycles. The fourth-order valence-electron chi connectivity index (χ4n) is 1.60. The minimum atomic E-state index is -4.49. The summed E-state index contributed by atoms with van der Waals surface area (Å²) in [5, 5.41) is 8.91. The van der Waals surface area contributed by atoms with Crippen molar-refractivity contribution < 1.29 is 23.0 Å². The lowest BCUT2D eigenvalue weighted by molar-refractivity contribution is -0.138. The Hall–Kier alpha value is -1.53. The van der Waals surface area contributed by atoms with Crippen molar-refractivity contribution in [1.82, 2.24) is 0 Å². The first-order valence-electron chi connectivity index (χ1n) is 5.64. The molecule has 0 fully saturated rings. The van der Waals surface area contributed by atoms with Gasteiger partial charge in [0.25, 0.3) is 0 Å². The molecule has 0 aromatic heterocycles. The smallest absolute Gasteiger partial charge is 0.419 e. The van der Waals surface area contributed by atoms with Crippen LogP contribution in [0.4, 0.5) is 13.2 Å². The van der Waals surface area contributed by atoms with Crippen LogP contribution in [0.25, 0.3) is 0 Å². The second kappa shape index (κ2) is 5.85. The first kappa shape index (κ1) is 14.9. The summed E-state index contributed by atoms with van der Waals surface area (Å²) in [5.74, 6) is -0.00516. The number of rotatable bonds is 3. The highest BCUT2D eigenvalue weighted by Crippen LogP contribution is 2.39. The van der Waals surface area contributed by atoms with Gasteiger partial charge in [0, 0.05) is 4.47 Å². The average molecular weight is 347 g/mol. The van der Waals surface area contributed by atoms with Gasteiger partial charge in [0.15, 0.2) is 0 Å². The maximum Gasteiger partial charge on any atom is 0.419 e. The minimum absolute atomic E-state index is 0.134. The molecule has 0 atom stereocenters. The van der Waals surface area contributed by atoms with Crippen LogP contribution >= 0.6 is 15.9 Å². The number of hydrogen-bond donors (Lipinski definition) is 1. The molecular formula is C14H10BrF3O2. The summed E-state index contributed by atoms with van der Waals surface area (Å²) in [6.07, 6.45) is -4.49. The van der Waals surface area contributed by atoms with E-state index in [-0.39, 0.29) is 18.1 Å². The molecule has 2 aromatic rings. The summed E-state index contributed by atoms with van der Waals surface area (Å²) in [7, 11) is 0. The topological polar surface area (TPSA) is 29.5 Å². The second-order valence-corrected chi connectivity index (χ2v) is 4.96. The lowest BCUT2D eigenvalue weighted by Gasteiger charge is -2.14. The summed E-state index contributed by atoms with van der Waals surface area (Å²) in [6.45, 7) is -0.134. The van der Waals surface area contributed by atoms with E-state index in [1.807, 2.05) is 0 Å². The molecular weight excluding hydrogens is 337 g/mol. The van der Waals surface area contributed by atoms with Crippen LogP contribution in [0.15, 0.2) is 46.9 Å². The number of ether oxygens (including phenoxy) is 1. The number of aliphatic hydroxyl groups excluding tert-OH is 1. The van der Waals surface area contributed by atoms with E-state index in [0.717, 1.165) is 6.07 Å². The summed E-state index contributed by atoms with van der Waals surface area (Å²) in [5.41, 5.74) is -0.186. The highest BCUT2D eigenvalue weighted by molar-refractivity contribution is 9.10. The molecule has 0 aliphatic rings. The molecule has 0 bridgehead atoms. The molecule has 2 rings (SSSR count). The molecule has 0 unspecified atom stereocenters. The van der Waals surface area contributed by atoms with Crippen molar-refractivity contribution in [2.75, 3.05) is 0 Å². The maximum atomic E-state index is 12.9. The monoisotopic (exact) mass is 346 g/mol. The van der Waals surface area contributed by atoms with Crippen molar-refractivity contribution >= 4 is 15.9 Å². The van der Waals surface area contributed by atoms with Crippen LogP contribution in [0, 0.1) is 0 Å². The van der Waals surface area contributed by atoms with E-state index in [9.17, 15) is 13.2 Å². The zero-order valence-electron chi connectivity index (χ0n) is 10.1. The highest BCUT2D eigenvalue weighted by atomic mass is 79.9. The Balaban J connectivity index is 2.34. The number of benzene rings is 2. The van der Waals surface area contributed by atoms with Crippen molar-refractivity contribution in [2.24, 2.45) is 0 Å². The number of alkyl halides is 3. The van der Waals surface area contributed by atoms with Gasteiger partial charge in [-0.3, -0.25) is 0 Å². The Morgan fingerprint density at radius 2 is 1.70 bits per heavy atom. The molecule has 2 nitrogen and oxygen atoms in total. The number of halogens is 4. The molecule has 20 heavy (non-hydrogen) atoms. The zero-order valence-corrected chi connectivity index (χ0v) is 11.7. The Labute approximate surface area is 121 Å². The minimum Gasteiger partial charge on any atom is -0.457 e. The van der Waals surface area contributed by atoms with Crippen LogP contribution < -0.4 is 4.74 Å². The van der Waals surface area contributed by atoms with Crippen molar-refractivity contribution in [3.8, 4) is 11.5 Å². The molecule has 2 aromatic carbocycles. The number of aliphatic hydroxyl groups is 1. The summed E-state index contributed by atoms with van der Waals surface area (Å²) < 4.78 is 44.4. The summed E-state index contributed by atoms with van der Waals surface area (Å²) >= 11 is 3.12. The van der Waals surface area contributed by atoms with E-state index in [1.165, 1.54) is 24.3 Å². The first-order chi connectivity index (χ1) is 9.40. The molecule has 6 heteroatoms. The Kier molecular flexibility index (Phi) is 4.35. The van der Waals surface area contributed by atoms with Gasteiger partial charge in [0.1, 0.15) is 11.5 Å². The van der Waals surface area contributed by atoms with E-state index in [4.69, 9.17) is 9.84 Å². The summed E-state index contributed by atoms with van der Waals surface area (Å²) in [6, 6.07) is 9.72. The van der Waals surface area contributed by atoms with E-state index in [2.05, 4.69) is 15.9 Å². The molecule has 106 valence electrons. The third-order valence-electron chi connectivity index (χ3n) is 2.58. The molecule has 1 N–H and O–H groups in total. The van der Waals surface area contributed by atoms with Gasteiger partial charge in [-0.15, -0.1) is 0 Å². The fourth-order valence-corrected chi connectivity index (χ4v) is 1.94. The van der Waals surface area contributed by atoms with Crippen LogP contribution in [-0.4, -0.2) is 5.11 Å². The van der Waals surface area contributed by atoms with E-state index in [1.54, 1.807) is 12.1 Å². The molecule has 0 radical (unpaired) electrons. The van der Waals surface area contributed by atoms with Gasteiger partial charge in [-0.1, -0.05) is 28.1 Å². The molecule has 0 saturated heterocycles. The quantitative estimate of drug-likeness (QED) is 0.868. The van der Waals surface area contributed by atoms with E-state index < -0.39 is 11.7 Å². The van der Waals surface area contributed by atoms with Gasteiger partial charge < -0.3 is 9.84 Å². The van der Waals surface area contributed by atoms with Crippen molar-refractivity contribution in [3.05, 3.63) is 58.1 Å². The second-order valence-electron chi connectivity index (χ2n) is 4.04. The Bertz CT molecular complexity index is 594. The molecule has 0 amide bonds. The van der Waals surface area contributed by atoms with Crippen molar-refractivity contribution in [1.29, 1.82) is 0 Å². The zero-order chi connectivity index (χ0) is 14.8. The van der Waals surface area contributed by atoms with Gasteiger partial charge in [-0.2, -0.15) is 13.2 Å². The maximum absolute atomic E-state index is 12.9. The lowest BCUT2D eigenvalue weighted by Crippen LogP contribution is -2.07. The Morgan fingerprint density at radius 3 is 2.25 bits per heavy atom. The van der Waals surface area contributed by atoms with Gasteiger partial charge >= 0.3 is 6.18 Å². The van der Waals surface area contributed by atoms with Crippen LogP contribution in [0.2, 0.25) is 0 Å². The Morgan fingerprint density at radius 1 is 1.05 bits per heavy atom. The van der Waals surface area contributed by atoms with Gasteiger partial charge in [-0.05, 0) is 35.9 Å². The third-order valence-corrected chi connectivity index (χ3v) is 3.08. The van der Waals surface area contributed by atoms with Gasteiger partial charge in [0.05, 0.1) is 12.2 Å². The predicted molar refractivity (Wildman–Crippen MR) is 71.6 cm³/mol. The molecule has 0 aliphatic carbocycles. The lowest BCUT2D eigenvalue weighted by atomic mass is 10.2. The average Bonchev–Trinajstić information content (AvgIpc) is 2.38. The SMILES string of the molecule is OCc1ccc(Oc2cc(Br)ccc2C(F)(F)F)cc1. The fraction of sp³-hybridized carbons (Fsp3) is 0.143. The van der Waals surface area contributed by atoms with Crippen molar-refractivity contribution in [3.63, 3.8) is 0 Å².